The van der Waals surface area contributed by atoms with Crippen molar-refractivity contribution in [2.24, 2.45) is 11.8 Å². The van der Waals surface area contributed by atoms with Crippen LogP contribution >= 0.6 is 23.2 Å². The first kappa shape index (κ1) is 20.6. The zero-order valence-corrected chi connectivity index (χ0v) is 17.1. The maximum absolute atomic E-state index is 10.3. The summed E-state index contributed by atoms with van der Waals surface area (Å²) in [5, 5.41) is 21.1. The third kappa shape index (κ3) is 5.69. The van der Waals surface area contributed by atoms with Crippen LogP contribution in [0.2, 0.25) is 10.0 Å². The number of likely N-dealkylation sites (tertiary alicyclic amines) is 1. The molecule has 1 aliphatic heterocycles. The Morgan fingerprint density at radius 3 is 2.19 bits per heavy atom. The molecule has 2 N–H and O–H groups in total. The standard InChI is InChI=1S/C15H19Cl2NO2.C7H8/c16-11-1-2-13(14(17)5-11)15(20)8-18-6-9-3-12(19)4-10(9)7-18;1-7-5-3-2-4-6-7/h1-2,5,9-10,12,15,19-20H,3-4,6-8H2;2-6H,1H3/t9-,10+,12?,15?;. The molecule has 1 saturated heterocycles. The molecule has 2 fully saturated rings. The van der Waals surface area contributed by atoms with Crippen LogP contribution in [0.5, 0.6) is 0 Å². The van der Waals surface area contributed by atoms with E-state index in [4.69, 9.17) is 23.2 Å². The molecule has 4 atom stereocenters. The normalized spacial score (nSPS) is 25.6. The van der Waals surface area contributed by atoms with Gasteiger partial charge in [0.05, 0.1) is 12.2 Å². The maximum atomic E-state index is 10.3. The second kappa shape index (κ2) is 9.40. The minimum atomic E-state index is -0.594. The molecule has 3 nitrogen and oxygen atoms in total. The molecular weight excluding hydrogens is 381 g/mol. The lowest BCUT2D eigenvalue weighted by atomic mass is 10.0. The summed E-state index contributed by atoms with van der Waals surface area (Å²) in [6.45, 7) is 4.60. The molecule has 0 amide bonds. The summed E-state index contributed by atoms with van der Waals surface area (Å²) in [5.41, 5.74) is 2.05. The summed E-state index contributed by atoms with van der Waals surface area (Å²) in [6.07, 6.45) is 1.09. The Balaban J connectivity index is 0.000000253. The third-order valence-corrected chi connectivity index (χ3v) is 6.06. The summed E-state index contributed by atoms with van der Waals surface area (Å²) in [4.78, 5) is 2.27. The van der Waals surface area contributed by atoms with Gasteiger partial charge in [-0.3, -0.25) is 4.90 Å². The summed E-state index contributed by atoms with van der Waals surface area (Å²) in [7, 11) is 0. The molecule has 1 saturated carbocycles. The van der Waals surface area contributed by atoms with E-state index in [2.05, 4.69) is 24.0 Å². The molecule has 5 heteroatoms. The lowest BCUT2D eigenvalue weighted by Gasteiger charge is -2.22. The van der Waals surface area contributed by atoms with E-state index in [9.17, 15) is 10.2 Å². The highest BCUT2D eigenvalue weighted by molar-refractivity contribution is 6.35. The first-order chi connectivity index (χ1) is 12.9. The smallest absolute Gasteiger partial charge is 0.0931 e. The number of aliphatic hydroxyl groups is 2. The predicted octanol–water partition coefficient (Wildman–Crippen LogP) is 4.72. The lowest BCUT2D eigenvalue weighted by molar-refractivity contribution is 0.113. The second-order valence-electron chi connectivity index (χ2n) is 7.70. The molecule has 2 aromatic rings. The fraction of sp³-hybridized carbons (Fsp3) is 0.455. The molecule has 2 aromatic carbocycles. The van der Waals surface area contributed by atoms with Crippen LogP contribution in [-0.2, 0) is 0 Å². The third-order valence-electron chi connectivity index (χ3n) is 5.49. The maximum Gasteiger partial charge on any atom is 0.0931 e. The molecule has 4 rings (SSSR count). The molecule has 0 spiro atoms. The van der Waals surface area contributed by atoms with Gasteiger partial charge >= 0.3 is 0 Å². The first-order valence-corrected chi connectivity index (χ1v) is 10.2. The van der Waals surface area contributed by atoms with E-state index in [1.54, 1.807) is 18.2 Å². The van der Waals surface area contributed by atoms with Crippen LogP contribution in [0.3, 0.4) is 0 Å². The quantitative estimate of drug-likeness (QED) is 0.772. The van der Waals surface area contributed by atoms with Crippen molar-refractivity contribution in [3.63, 3.8) is 0 Å². The van der Waals surface area contributed by atoms with Gasteiger partial charge in [0.15, 0.2) is 0 Å². The number of aryl methyl sites for hydroxylation is 1. The van der Waals surface area contributed by atoms with Crippen LogP contribution in [0.25, 0.3) is 0 Å². The van der Waals surface area contributed by atoms with Crippen molar-refractivity contribution in [1.29, 1.82) is 0 Å². The Morgan fingerprint density at radius 1 is 1.04 bits per heavy atom. The minimum Gasteiger partial charge on any atom is -0.393 e. The van der Waals surface area contributed by atoms with Gasteiger partial charge < -0.3 is 10.2 Å². The Labute approximate surface area is 171 Å². The highest BCUT2D eigenvalue weighted by Crippen LogP contribution is 2.38. The Bertz CT molecular complexity index is 726. The lowest BCUT2D eigenvalue weighted by Crippen LogP contribution is -2.28. The highest BCUT2D eigenvalue weighted by atomic mass is 35.5. The van der Waals surface area contributed by atoms with Gasteiger partial charge in [0.25, 0.3) is 0 Å². The van der Waals surface area contributed by atoms with E-state index in [0.29, 0.717) is 28.4 Å². The topological polar surface area (TPSA) is 43.7 Å². The second-order valence-corrected chi connectivity index (χ2v) is 8.54. The largest absolute Gasteiger partial charge is 0.393 e. The van der Waals surface area contributed by atoms with Gasteiger partial charge in [0.1, 0.15) is 0 Å². The first-order valence-electron chi connectivity index (χ1n) is 9.47. The van der Waals surface area contributed by atoms with Gasteiger partial charge in [0, 0.05) is 35.2 Å². The van der Waals surface area contributed by atoms with Crippen molar-refractivity contribution in [2.45, 2.75) is 32.0 Å². The van der Waals surface area contributed by atoms with Crippen molar-refractivity contribution in [2.75, 3.05) is 19.6 Å². The van der Waals surface area contributed by atoms with E-state index < -0.39 is 6.10 Å². The fourth-order valence-corrected chi connectivity index (χ4v) is 4.70. The zero-order valence-electron chi connectivity index (χ0n) is 15.6. The van der Waals surface area contributed by atoms with Gasteiger partial charge in [-0.2, -0.15) is 0 Å². The Morgan fingerprint density at radius 2 is 1.67 bits per heavy atom. The minimum absolute atomic E-state index is 0.122. The van der Waals surface area contributed by atoms with E-state index in [1.165, 1.54) is 5.56 Å². The van der Waals surface area contributed by atoms with Crippen LogP contribution in [0.15, 0.2) is 48.5 Å². The number of halogens is 2. The molecule has 0 aromatic heterocycles. The summed E-state index contributed by atoms with van der Waals surface area (Å²) in [5.74, 6) is 1.16. The number of fused-ring (bicyclic) bond motifs is 1. The highest BCUT2D eigenvalue weighted by Gasteiger charge is 2.40. The van der Waals surface area contributed by atoms with Crippen LogP contribution in [0.4, 0.5) is 0 Å². The zero-order chi connectivity index (χ0) is 19.4. The monoisotopic (exact) mass is 407 g/mol. The number of hydrogen-bond donors (Lipinski definition) is 2. The fourth-order valence-electron chi connectivity index (χ4n) is 4.16. The number of rotatable bonds is 3. The average Bonchev–Trinajstić information content (AvgIpc) is 3.12. The number of hydrogen-bond acceptors (Lipinski definition) is 3. The van der Waals surface area contributed by atoms with Gasteiger partial charge in [-0.25, -0.2) is 0 Å². The van der Waals surface area contributed by atoms with Gasteiger partial charge in [-0.15, -0.1) is 0 Å². The summed E-state index contributed by atoms with van der Waals surface area (Å²) in [6, 6.07) is 15.5. The van der Waals surface area contributed by atoms with Crippen LogP contribution in [0.1, 0.15) is 30.1 Å². The van der Waals surface area contributed by atoms with Gasteiger partial charge in [-0.05, 0) is 43.7 Å². The van der Waals surface area contributed by atoms with Crippen molar-refractivity contribution >= 4 is 23.2 Å². The summed E-state index contributed by atoms with van der Waals surface area (Å²) >= 11 is 12.0. The van der Waals surface area contributed by atoms with Crippen molar-refractivity contribution in [1.82, 2.24) is 4.90 Å². The van der Waals surface area contributed by atoms with Crippen molar-refractivity contribution in [3.8, 4) is 0 Å². The summed E-state index contributed by atoms with van der Waals surface area (Å²) < 4.78 is 0. The Hall–Kier alpha value is -1.10. The van der Waals surface area contributed by atoms with E-state index in [0.717, 1.165) is 31.5 Å². The Kier molecular flexibility index (Phi) is 7.18. The molecule has 0 bridgehead atoms. The SMILES string of the molecule is Cc1ccccc1.OC1C[C@@H]2CN(CC(O)c3ccc(Cl)cc3Cl)C[C@@H]2C1. The number of nitrogens with zero attached hydrogens (tertiary/aromatic N) is 1. The molecule has 27 heavy (non-hydrogen) atoms. The molecule has 1 heterocycles. The number of β-amino-alcohol motifs (C(OH)–C–C–N with tert-alkyl or cyclic N) is 1. The molecule has 2 unspecified atom stereocenters. The van der Waals surface area contributed by atoms with Gasteiger partial charge in [-0.1, -0.05) is 65.2 Å². The molecule has 0 radical (unpaired) electrons. The van der Waals surface area contributed by atoms with E-state index >= 15 is 0 Å². The number of benzene rings is 2. The molecule has 1 aliphatic carbocycles. The van der Waals surface area contributed by atoms with Crippen LogP contribution < -0.4 is 0 Å². The molecule has 146 valence electrons. The van der Waals surface area contributed by atoms with Crippen molar-refractivity contribution in [3.05, 3.63) is 69.7 Å². The van der Waals surface area contributed by atoms with E-state index in [1.807, 2.05) is 18.2 Å². The number of aliphatic hydroxyl groups excluding tert-OH is 2. The van der Waals surface area contributed by atoms with Crippen LogP contribution in [-0.4, -0.2) is 40.9 Å². The average molecular weight is 408 g/mol. The van der Waals surface area contributed by atoms with Crippen molar-refractivity contribution < 1.29 is 10.2 Å². The predicted molar refractivity (Wildman–Crippen MR) is 111 cm³/mol. The molecule has 2 aliphatic rings. The molecular formula is C22H27Cl2NO2. The van der Waals surface area contributed by atoms with Gasteiger partial charge in [0.2, 0.25) is 0 Å². The van der Waals surface area contributed by atoms with Crippen LogP contribution in [0, 0.1) is 18.8 Å². The van der Waals surface area contributed by atoms with E-state index in [-0.39, 0.29) is 6.10 Å².